The first kappa shape index (κ1) is 16.8. The zero-order chi connectivity index (χ0) is 17.0. The fourth-order valence-corrected chi connectivity index (χ4v) is 2.47. The number of pyridine rings is 1. The third-order valence-corrected chi connectivity index (χ3v) is 4.99. The van der Waals surface area contributed by atoms with E-state index in [1.54, 1.807) is 0 Å². The quantitative estimate of drug-likeness (QED) is 0.803. The summed E-state index contributed by atoms with van der Waals surface area (Å²) < 4.78 is 18.5. The van der Waals surface area contributed by atoms with Crippen molar-refractivity contribution in [2.24, 2.45) is 0 Å². The van der Waals surface area contributed by atoms with Crippen LogP contribution in [0.1, 0.15) is 67.0 Å². The van der Waals surface area contributed by atoms with Crippen LogP contribution in [0.3, 0.4) is 0 Å². The van der Waals surface area contributed by atoms with Crippen molar-refractivity contribution in [1.29, 1.82) is 0 Å². The predicted molar refractivity (Wildman–Crippen MR) is 92.3 cm³/mol. The van der Waals surface area contributed by atoms with Crippen LogP contribution in [0.25, 0.3) is 0 Å². The summed E-state index contributed by atoms with van der Waals surface area (Å²) in [5.41, 5.74) is 1.17. The summed E-state index contributed by atoms with van der Waals surface area (Å²) in [5, 5.41) is 0. The van der Waals surface area contributed by atoms with Crippen molar-refractivity contribution < 1.29 is 14.0 Å². The molecule has 1 aromatic heterocycles. The molecule has 1 saturated carbocycles. The van der Waals surface area contributed by atoms with Gasteiger partial charge < -0.3 is 14.0 Å². The molecule has 0 bridgehead atoms. The first-order chi connectivity index (χ1) is 10.5. The number of hydrogen-bond donors (Lipinski definition) is 0. The van der Waals surface area contributed by atoms with E-state index in [-0.39, 0.29) is 16.6 Å². The van der Waals surface area contributed by atoms with E-state index in [2.05, 4.69) is 59.5 Å². The van der Waals surface area contributed by atoms with Crippen molar-refractivity contribution in [3.8, 4) is 5.75 Å². The summed E-state index contributed by atoms with van der Waals surface area (Å²) >= 11 is 0. The Hall–Kier alpha value is -1.07. The van der Waals surface area contributed by atoms with Gasteiger partial charge in [0.15, 0.2) is 0 Å². The summed E-state index contributed by atoms with van der Waals surface area (Å²) in [5.74, 6) is 0.853. The van der Waals surface area contributed by atoms with Gasteiger partial charge in [0.05, 0.1) is 17.3 Å². The molecule has 2 heterocycles. The van der Waals surface area contributed by atoms with Crippen LogP contribution in [0.4, 0.5) is 0 Å². The molecule has 1 aliphatic heterocycles. The fourth-order valence-electron chi connectivity index (χ4n) is 2.47. The highest BCUT2D eigenvalue weighted by Crippen LogP contribution is 2.38. The van der Waals surface area contributed by atoms with Crippen molar-refractivity contribution in [3.63, 3.8) is 0 Å². The van der Waals surface area contributed by atoms with Crippen LogP contribution in [0, 0.1) is 0 Å². The van der Waals surface area contributed by atoms with Crippen molar-refractivity contribution in [1.82, 2.24) is 4.98 Å². The number of nitrogens with zero attached hydrogens (tertiary/aromatic N) is 1. The molecule has 0 N–H and O–H groups in total. The van der Waals surface area contributed by atoms with E-state index in [0.29, 0.717) is 6.10 Å². The molecular weight excluding hydrogens is 289 g/mol. The monoisotopic (exact) mass is 317 g/mol. The van der Waals surface area contributed by atoms with Gasteiger partial charge in [-0.1, -0.05) is 20.8 Å². The van der Waals surface area contributed by atoms with Gasteiger partial charge in [-0.15, -0.1) is 0 Å². The van der Waals surface area contributed by atoms with Crippen molar-refractivity contribution in [2.45, 2.75) is 84.0 Å². The molecule has 1 aromatic rings. The first-order valence-corrected chi connectivity index (χ1v) is 8.52. The molecule has 1 aliphatic carbocycles. The fraction of sp³-hybridized carbons (Fsp3) is 0.722. The van der Waals surface area contributed by atoms with Gasteiger partial charge in [-0.05, 0) is 40.5 Å². The van der Waals surface area contributed by atoms with Gasteiger partial charge in [-0.25, -0.2) is 0 Å². The van der Waals surface area contributed by atoms with Crippen LogP contribution in [-0.2, 0) is 14.7 Å². The van der Waals surface area contributed by atoms with E-state index >= 15 is 0 Å². The van der Waals surface area contributed by atoms with Crippen LogP contribution < -0.4 is 10.2 Å². The molecule has 2 aliphatic rings. The summed E-state index contributed by atoms with van der Waals surface area (Å²) in [6, 6.07) is 2.05. The maximum atomic E-state index is 6.18. The Morgan fingerprint density at radius 3 is 2.17 bits per heavy atom. The van der Waals surface area contributed by atoms with Crippen LogP contribution >= 0.6 is 0 Å². The molecule has 1 saturated heterocycles. The Kier molecular flexibility index (Phi) is 3.81. The predicted octanol–water partition coefficient (Wildman–Crippen LogP) is 3.22. The van der Waals surface area contributed by atoms with Crippen LogP contribution in [0.2, 0.25) is 0 Å². The summed E-state index contributed by atoms with van der Waals surface area (Å²) in [6.45, 7) is 14.7. The standard InChI is InChI=1S/C18H28BNO3/c1-16(2,3)15-10-14(21-12-8-9-12)13(11-20-15)19-22-17(4,5)18(6,7)23-19/h10-12H,8-9H2,1-7H3. The zero-order valence-corrected chi connectivity index (χ0v) is 15.4. The van der Waals surface area contributed by atoms with Gasteiger partial charge in [0.25, 0.3) is 0 Å². The lowest BCUT2D eigenvalue weighted by atomic mass is 9.78. The van der Waals surface area contributed by atoms with Crippen molar-refractivity contribution in [2.75, 3.05) is 0 Å². The maximum Gasteiger partial charge on any atom is 0.500 e. The Bertz CT molecular complexity index is 587. The van der Waals surface area contributed by atoms with Gasteiger partial charge in [0.1, 0.15) is 5.75 Å². The van der Waals surface area contributed by atoms with E-state index in [1.807, 2.05) is 6.20 Å². The van der Waals surface area contributed by atoms with Crippen LogP contribution in [0.15, 0.2) is 12.3 Å². The molecule has 2 fully saturated rings. The van der Waals surface area contributed by atoms with Gasteiger partial charge in [-0.3, -0.25) is 4.98 Å². The average molecular weight is 317 g/mol. The molecule has 0 spiro atoms. The Morgan fingerprint density at radius 1 is 1.13 bits per heavy atom. The molecule has 5 heteroatoms. The molecule has 126 valence electrons. The number of rotatable bonds is 3. The summed E-state index contributed by atoms with van der Waals surface area (Å²) in [4.78, 5) is 4.64. The molecule has 23 heavy (non-hydrogen) atoms. The zero-order valence-electron chi connectivity index (χ0n) is 15.4. The number of ether oxygens (including phenoxy) is 1. The SMILES string of the molecule is CC(C)(C)c1cc(OC2CC2)c(B2OC(C)(C)C(C)(C)O2)cn1. The number of aromatic nitrogens is 1. The molecule has 0 unspecified atom stereocenters. The Labute approximate surface area is 140 Å². The molecule has 0 amide bonds. The van der Waals surface area contributed by atoms with Crippen molar-refractivity contribution in [3.05, 3.63) is 18.0 Å². The van der Waals surface area contributed by atoms with E-state index in [9.17, 15) is 0 Å². The molecule has 4 nitrogen and oxygen atoms in total. The summed E-state index contributed by atoms with van der Waals surface area (Å²) in [7, 11) is -0.435. The lowest BCUT2D eigenvalue weighted by molar-refractivity contribution is 0.00578. The first-order valence-electron chi connectivity index (χ1n) is 8.52. The number of hydrogen-bond acceptors (Lipinski definition) is 4. The van der Waals surface area contributed by atoms with Gasteiger partial charge in [0, 0.05) is 28.8 Å². The van der Waals surface area contributed by atoms with E-state index < -0.39 is 7.12 Å². The van der Waals surface area contributed by atoms with Gasteiger partial charge >= 0.3 is 7.12 Å². The molecule has 0 radical (unpaired) electrons. The Morgan fingerprint density at radius 2 is 1.70 bits per heavy atom. The lowest BCUT2D eigenvalue weighted by Gasteiger charge is -2.32. The van der Waals surface area contributed by atoms with E-state index in [0.717, 1.165) is 29.7 Å². The normalized spacial score (nSPS) is 23.2. The minimum Gasteiger partial charge on any atom is -0.491 e. The molecule has 0 atom stereocenters. The smallest absolute Gasteiger partial charge is 0.491 e. The van der Waals surface area contributed by atoms with E-state index in [4.69, 9.17) is 14.0 Å². The highest BCUT2D eigenvalue weighted by molar-refractivity contribution is 6.63. The third kappa shape index (κ3) is 3.27. The Balaban J connectivity index is 1.95. The third-order valence-electron chi connectivity index (χ3n) is 4.99. The summed E-state index contributed by atoms with van der Waals surface area (Å²) in [6.07, 6.45) is 4.43. The van der Waals surface area contributed by atoms with Crippen molar-refractivity contribution >= 4 is 12.6 Å². The van der Waals surface area contributed by atoms with E-state index in [1.165, 1.54) is 0 Å². The lowest BCUT2D eigenvalue weighted by Crippen LogP contribution is -2.41. The van der Waals surface area contributed by atoms with Gasteiger partial charge in [0.2, 0.25) is 0 Å². The minimum absolute atomic E-state index is 0.0177. The van der Waals surface area contributed by atoms with Gasteiger partial charge in [-0.2, -0.15) is 0 Å². The second-order valence-corrected chi connectivity index (χ2v) is 8.76. The maximum absolute atomic E-state index is 6.18. The van der Waals surface area contributed by atoms with Crippen LogP contribution in [0.5, 0.6) is 5.75 Å². The van der Waals surface area contributed by atoms with Crippen LogP contribution in [-0.4, -0.2) is 29.4 Å². The molecule has 3 rings (SSSR count). The molecule has 0 aromatic carbocycles. The second kappa shape index (κ2) is 5.22. The highest BCUT2D eigenvalue weighted by atomic mass is 16.7. The average Bonchev–Trinajstić information content (AvgIpc) is 3.16. The topological polar surface area (TPSA) is 40.6 Å². The largest absolute Gasteiger partial charge is 0.500 e. The second-order valence-electron chi connectivity index (χ2n) is 8.76. The highest BCUT2D eigenvalue weighted by Gasteiger charge is 2.52. The minimum atomic E-state index is -0.435. The molecular formula is C18H28BNO3.